The average molecular weight is 460 g/mol. The van der Waals surface area contributed by atoms with Crippen molar-refractivity contribution in [1.29, 1.82) is 0 Å². The highest BCUT2D eigenvalue weighted by atomic mass is 16.4. The van der Waals surface area contributed by atoms with Gasteiger partial charge in [0, 0.05) is 49.9 Å². The molecule has 0 aliphatic carbocycles. The molecule has 0 radical (unpaired) electrons. The van der Waals surface area contributed by atoms with Gasteiger partial charge >= 0.3 is 5.76 Å². The third-order valence-corrected chi connectivity index (χ3v) is 5.86. The second kappa shape index (κ2) is 8.99. The van der Waals surface area contributed by atoms with Crippen molar-refractivity contribution in [2.75, 3.05) is 36.9 Å². The van der Waals surface area contributed by atoms with Crippen LogP contribution in [0.4, 0.5) is 17.5 Å². The van der Waals surface area contributed by atoms with E-state index in [0.29, 0.717) is 49.0 Å². The maximum absolute atomic E-state index is 11.6. The van der Waals surface area contributed by atoms with E-state index in [1.165, 1.54) is 0 Å². The van der Waals surface area contributed by atoms with E-state index in [1.54, 1.807) is 19.1 Å². The van der Waals surface area contributed by atoms with Gasteiger partial charge in [-0.3, -0.25) is 15.2 Å². The summed E-state index contributed by atoms with van der Waals surface area (Å²) in [5, 5.41) is 5.38. The molecule has 1 amide bonds. The van der Waals surface area contributed by atoms with E-state index < -0.39 is 5.76 Å². The maximum Gasteiger partial charge on any atom is 0.417 e. The van der Waals surface area contributed by atoms with Gasteiger partial charge in [-0.1, -0.05) is 30.3 Å². The van der Waals surface area contributed by atoms with Crippen molar-refractivity contribution in [3.63, 3.8) is 0 Å². The quantitative estimate of drug-likeness (QED) is 0.417. The molecule has 0 unspecified atom stereocenters. The molecule has 3 heterocycles. The van der Waals surface area contributed by atoms with Crippen molar-refractivity contribution in [3.8, 4) is 11.3 Å². The number of aromatic nitrogens is 3. The number of amides is 1. The lowest BCUT2D eigenvalue weighted by molar-refractivity contribution is -0.130. The molecule has 34 heavy (non-hydrogen) atoms. The van der Waals surface area contributed by atoms with E-state index in [4.69, 9.17) is 14.4 Å². The Morgan fingerprint density at radius 3 is 2.56 bits per heavy atom. The Balaban J connectivity index is 1.47. The van der Waals surface area contributed by atoms with Crippen molar-refractivity contribution < 1.29 is 9.21 Å². The molecule has 1 fully saturated rings. The molecule has 0 spiro atoms. The van der Waals surface area contributed by atoms with E-state index in [1.807, 2.05) is 53.2 Å². The molecular weight excluding hydrogens is 434 g/mol. The number of benzene rings is 2. The molecule has 3 N–H and O–H groups in total. The summed E-state index contributed by atoms with van der Waals surface area (Å²) in [7, 11) is 0. The van der Waals surface area contributed by atoms with Crippen LogP contribution in [0.1, 0.15) is 12.5 Å². The number of piperazine rings is 1. The molecule has 1 saturated heterocycles. The van der Waals surface area contributed by atoms with E-state index in [-0.39, 0.29) is 5.91 Å². The minimum atomic E-state index is -0.493. The minimum absolute atomic E-state index is 0.0834. The highest BCUT2D eigenvalue weighted by Crippen LogP contribution is 2.30. The zero-order valence-electron chi connectivity index (χ0n) is 19.0. The van der Waals surface area contributed by atoms with Gasteiger partial charge in [0.15, 0.2) is 5.58 Å². The molecule has 10 heteroatoms. The zero-order chi connectivity index (χ0) is 23.7. The fourth-order valence-electron chi connectivity index (χ4n) is 4.01. The lowest BCUT2D eigenvalue weighted by Crippen LogP contribution is -2.50. The van der Waals surface area contributed by atoms with Crippen LogP contribution in [0.15, 0.2) is 57.7 Å². The molecule has 0 bridgehead atoms. The van der Waals surface area contributed by atoms with Crippen LogP contribution < -0.4 is 16.5 Å². The van der Waals surface area contributed by atoms with Crippen molar-refractivity contribution in [2.45, 2.75) is 13.8 Å². The minimum Gasteiger partial charge on any atom is -0.408 e. The monoisotopic (exact) mass is 459 g/mol. The number of carbonyl (C=O) groups excluding carboxylic acids is 1. The number of hydrogen-bond donors (Lipinski definition) is 3. The number of rotatable bonds is 5. The molecule has 1 aliphatic rings. The largest absolute Gasteiger partial charge is 0.417 e. The molecule has 0 atom stereocenters. The summed E-state index contributed by atoms with van der Waals surface area (Å²) < 4.78 is 5.10. The lowest BCUT2D eigenvalue weighted by Gasteiger charge is -2.34. The van der Waals surface area contributed by atoms with Crippen molar-refractivity contribution in [3.05, 3.63) is 64.6 Å². The fraction of sp³-hybridized carbons (Fsp3) is 0.250. The molecule has 1 aliphatic heterocycles. The van der Waals surface area contributed by atoms with Crippen molar-refractivity contribution >= 4 is 34.5 Å². The molecule has 2 aromatic carbocycles. The van der Waals surface area contributed by atoms with Gasteiger partial charge in [-0.25, -0.2) is 14.8 Å². The predicted octanol–water partition coefficient (Wildman–Crippen LogP) is 3.12. The van der Waals surface area contributed by atoms with Gasteiger partial charge in [0.2, 0.25) is 11.9 Å². The van der Waals surface area contributed by atoms with Crippen molar-refractivity contribution in [1.82, 2.24) is 24.9 Å². The van der Waals surface area contributed by atoms with Crippen LogP contribution in [0.3, 0.4) is 0 Å². The van der Waals surface area contributed by atoms with Crippen molar-refractivity contribution in [2.24, 2.45) is 0 Å². The van der Waals surface area contributed by atoms with Crippen LogP contribution in [0.2, 0.25) is 0 Å². The summed E-state index contributed by atoms with van der Waals surface area (Å²) >= 11 is 0. The van der Waals surface area contributed by atoms with Crippen LogP contribution in [0.5, 0.6) is 0 Å². The Morgan fingerprint density at radius 2 is 1.82 bits per heavy atom. The van der Waals surface area contributed by atoms with Gasteiger partial charge < -0.3 is 14.6 Å². The number of carbonyl (C=O) groups is 1. The standard InChI is InChI=1S/C24H25N7O3/c1-15-21(17-6-4-3-5-7-17)27-23(29-31-12-10-30(11-13-31)16(2)32)28-22(15)25-18-8-9-20-19(14-18)26-24(33)34-20/h3-9,14H,10-13H2,1-2H3,(H,26,33)(H2,25,27,28,29). The second-order valence-corrected chi connectivity index (χ2v) is 8.19. The fourth-order valence-corrected chi connectivity index (χ4v) is 4.01. The summed E-state index contributed by atoms with van der Waals surface area (Å²) in [5.74, 6) is 0.693. The first-order valence-electron chi connectivity index (χ1n) is 11.1. The summed E-state index contributed by atoms with van der Waals surface area (Å²) in [6.07, 6.45) is 0. The summed E-state index contributed by atoms with van der Waals surface area (Å²) in [4.78, 5) is 37.2. The van der Waals surface area contributed by atoms with Crippen LogP contribution in [0.25, 0.3) is 22.4 Å². The predicted molar refractivity (Wildman–Crippen MR) is 130 cm³/mol. The third-order valence-electron chi connectivity index (χ3n) is 5.86. The molecule has 5 rings (SSSR count). The van der Waals surface area contributed by atoms with E-state index in [9.17, 15) is 9.59 Å². The number of fused-ring (bicyclic) bond motifs is 1. The van der Waals surface area contributed by atoms with Gasteiger partial charge in [0.05, 0.1) is 11.2 Å². The van der Waals surface area contributed by atoms with Gasteiger partial charge in [-0.05, 0) is 25.1 Å². The first-order chi connectivity index (χ1) is 16.5. The van der Waals surface area contributed by atoms with E-state index in [2.05, 4.69) is 15.7 Å². The smallest absolute Gasteiger partial charge is 0.408 e. The zero-order valence-corrected chi connectivity index (χ0v) is 19.0. The number of hydrazine groups is 1. The summed E-state index contributed by atoms with van der Waals surface area (Å²) in [5.41, 5.74) is 7.83. The average Bonchev–Trinajstić information content (AvgIpc) is 3.21. The Labute approximate surface area is 195 Å². The van der Waals surface area contributed by atoms with Crippen LogP contribution in [0, 0.1) is 6.92 Å². The van der Waals surface area contributed by atoms with Crippen LogP contribution >= 0.6 is 0 Å². The third kappa shape index (κ3) is 4.48. The molecule has 174 valence electrons. The van der Waals surface area contributed by atoms with E-state index in [0.717, 1.165) is 22.5 Å². The highest BCUT2D eigenvalue weighted by molar-refractivity contribution is 5.80. The lowest BCUT2D eigenvalue weighted by atomic mass is 10.1. The number of H-pyrrole nitrogens is 1. The Morgan fingerprint density at radius 1 is 1.06 bits per heavy atom. The SMILES string of the molecule is CC(=O)N1CCN(Nc2nc(Nc3ccc4oc(=O)[nH]c4c3)c(C)c(-c3ccccc3)n2)CC1. The van der Waals surface area contributed by atoms with E-state index >= 15 is 0 Å². The molecule has 10 nitrogen and oxygen atoms in total. The number of nitrogens with one attached hydrogen (secondary N) is 3. The van der Waals surface area contributed by atoms with Crippen LogP contribution in [-0.2, 0) is 4.79 Å². The Kier molecular flexibility index (Phi) is 5.72. The van der Waals surface area contributed by atoms with Gasteiger partial charge in [-0.15, -0.1) is 0 Å². The number of nitrogens with zero attached hydrogens (tertiary/aromatic N) is 4. The summed E-state index contributed by atoms with van der Waals surface area (Å²) in [6, 6.07) is 15.3. The molecule has 0 saturated carbocycles. The highest BCUT2D eigenvalue weighted by Gasteiger charge is 2.20. The number of oxazole rings is 1. The number of hydrogen-bond acceptors (Lipinski definition) is 8. The van der Waals surface area contributed by atoms with Gasteiger partial charge in [-0.2, -0.15) is 4.98 Å². The first kappa shape index (κ1) is 21.7. The normalized spacial score (nSPS) is 14.4. The molecule has 2 aromatic heterocycles. The maximum atomic E-state index is 11.6. The second-order valence-electron chi connectivity index (χ2n) is 8.19. The Bertz CT molecular complexity index is 1390. The number of anilines is 3. The number of aromatic amines is 1. The summed E-state index contributed by atoms with van der Waals surface area (Å²) in [6.45, 7) is 6.20. The Hall–Kier alpha value is -4.18. The van der Waals surface area contributed by atoms with Crippen LogP contribution in [-0.4, -0.2) is 56.9 Å². The first-order valence-corrected chi connectivity index (χ1v) is 11.1. The van der Waals surface area contributed by atoms with Gasteiger partial charge in [0.25, 0.3) is 0 Å². The topological polar surface area (TPSA) is 119 Å². The van der Waals surface area contributed by atoms with Gasteiger partial charge in [0.1, 0.15) is 5.82 Å². The molecular formula is C24H25N7O3. The molecule has 4 aromatic rings.